The molecule has 122 valence electrons. The molecule has 0 aliphatic heterocycles. The smallest absolute Gasteiger partial charge is 0.257 e. The second-order valence-corrected chi connectivity index (χ2v) is 6.01. The third kappa shape index (κ3) is 2.46. The van der Waals surface area contributed by atoms with E-state index >= 15 is 0 Å². The third-order valence-electron chi connectivity index (χ3n) is 4.28. The van der Waals surface area contributed by atoms with Gasteiger partial charge in [0.05, 0.1) is 23.7 Å². The van der Waals surface area contributed by atoms with E-state index in [2.05, 4.69) is 5.32 Å². The van der Waals surface area contributed by atoms with Crippen molar-refractivity contribution in [3.8, 4) is 0 Å². The maximum atomic E-state index is 12.8. The number of furan rings is 1. The van der Waals surface area contributed by atoms with Crippen LogP contribution >= 0.6 is 0 Å². The number of amides is 1. The minimum absolute atomic E-state index is 0.110. The van der Waals surface area contributed by atoms with Crippen LogP contribution in [0.3, 0.4) is 0 Å². The van der Waals surface area contributed by atoms with Gasteiger partial charge >= 0.3 is 0 Å². The molecule has 1 aliphatic rings. The minimum atomic E-state index is -0.420. The van der Waals surface area contributed by atoms with E-state index in [1.165, 1.54) is 6.26 Å². The van der Waals surface area contributed by atoms with Crippen LogP contribution in [0.2, 0.25) is 0 Å². The van der Waals surface area contributed by atoms with E-state index in [1.807, 2.05) is 16.7 Å². The van der Waals surface area contributed by atoms with Crippen LogP contribution in [0.1, 0.15) is 35.0 Å². The molecule has 1 saturated carbocycles. The van der Waals surface area contributed by atoms with Crippen LogP contribution in [0.4, 0.5) is 5.69 Å². The van der Waals surface area contributed by atoms with Crippen LogP contribution in [-0.2, 0) is 6.54 Å². The summed E-state index contributed by atoms with van der Waals surface area (Å²) in [5.74, 6) is 0.210. The fourth-order valence-corrected chi connectivity index (χ4v) is 2.91. The number of pyridine rings is 1. The third-order valence-corrected chi connectivity index (χ3v) is 4.28. The predicted octanol–water partition coefficient (Wildman–Crippen LogP) is 2.44. The quantitative estimate of drug-likeness (QED) is 0.722. The molecular weight excluding hydrogens is 306 g/mol. The highest BCUT2D eigenvalue weighted by atomic mass is 16.3. The largest absolute Gasteiger partial charge is 0.467 e. The molecule has 1 fully saturated rings. The lowest BCUT2D eigenvalue weighted by Gasteiger charge is -2.13. The van der Waals surface area contributed by atoms with Crippen LogP contribution in [0, 0.1) is 0 Å². The maximum Gasteiger partial charge on any atom is 0.257 e. The predicted molar refractivity (Wildman–Crippen MR) is 90.8 cm³/mol. The van der Waals surface area contributed by atoms with Gasteiger partial charge in [0.25, 0.3) is 5.91 Å². The molecule has 0 unspecified atom stereocenters. The van der Waals surface area contributed by atoms with Gasteiger partial charge in [0.1, 0.15) is 11.3 Å². The Labute approximate surface area is 137 Å². The molecule has 6 heteroatoms. The first kappa shape index (κ1) is 14.6. The molecule has 0 spiro atoms. The molecule has 0 atom stereocenters. The molecule has 2 aromatic heterocycles. The summed E-state index contributed by atoms with van der Waals surface area (Å²) in [6.45, 7) is 0.233. The van der Waals surface area contributed by atoms with Crippen molar-refractivity contribution in [3.05, 3.63) is 64.3 Å². The molecule has 0 bridgehead atoms. The zero-order valence-corrected chi connectivity index (χ0v) is 13.0. The standard InChI is InChI=1S/C18H17N3O3/c19-14-4-1-5-15-16(14)17(22)13(10-21(15)11-6-7-11)18(23)20-9-12-3-2-8-24-12/h1-5,8,10-11H,6-7,9,19H2,(H,20,23). The molecule has 0 radical (unpaired) electrons. The number of benzene rings is 1. The number of carbonyl (C=O) groups is 1. The van der Waals surface area contributed by atoms with Gasteiger partial charge in [-0.1, -0.05) is 6.07 Å². The summed E-state index contributed by atoms with van der Waals surface area (Å²) in [6, 6.07) is 9.22. The first-order chi connectivity index (χ1) is 11.6. The first-order valence-corrected chi connectivity index (χ1v) is 7.89. The highest BCUT2D eigenvalue weighted by molar-refractivity contribution is 6.00. The highest BCUT2D eigenvalue weighted by Gasteiger charge is 2.27. The number of carbonyl (C=O) groups excluding carboxylic acids is 1. The van der Waals surface area contributed by atoms with Crippen molar-refractivity contribution in [1.29, 1.82) is 0 Å². The topological polar surface area (TPSA) is 90.3 Å². The number of aromatic nitrogens is 1. The molecule has 1 aromatic carbocycles. The Morgan fingerprint density at radius 3 is 2.83 bits per heavy atom. The summed E-state index contributed by atoms with van der Waals surface area (Å²) in [5, 5.41) is 3.14. The van der Waals surface area contributed by atoms with Gasteiger partial charge in [0.15, 0.2) is 0 Å². The normalized spacial score (nSPS) is 14.0. The minimum Gasteiger partial charge on any atom is -0.467 e. The van der Waals surface area contributed by atoms with Crippen LogP contribution in [0.25, 0.3) is 10.9 Å². The molecule has 4 rings (SSSR count). The van der Waals surface area contributed by atoms with Crippen molar-refractivity contribution in [3.63, 3.8) is 0 Å². The van der Waals surface area contributed by atoms with Crippen molar-refractivity contribution in [2.45, 2.75) is 25.4 Å². The van der Waals surface area contributed by atoms with E-state index in [0.717, 1.165) is 18.4 Å². The van der Waals surface area contributed by atoms with Crippen molar-refractivity contribution in [2.75, 3.05) is 5.73 Å². The van der Waals surface area contributed by atoms with Gasteiger partial charge in [-0.25, -0.2) is 0 Å². The van der Waals surface area contributed by atoms with E-state index in [-0.39, 0.29) is 17.5 Å². The summed E-state index contributed by atoms with van der Waals surface area (Å²) >= 11 is 0. The fourth-order valence-electron chi connectivity index (χ4n) is 2.91. The van der Waals surface area contributed by atoms with Gasteiger partial charge in [0, 0.05) is 17.9 Å². The van der Waals surface area contributed by atoms with Crippen molar-refractivity contribution in [1.82, 2.24) is 9.88 Å². The van der Waals surface area contributed by atoms with Gasteiger partial charge in [-0.05, 0) is 37.1 Å². The van der Waals surface area contributed by atoms with E-state index in [0.29, 0.717) is 22.9 Å². The van der Waals surface area contributed by atoms with Crippen molar-refractivity contribution < 1.29 is 9.21 Å². The number of nitrogens with two attached hydrogens (primary N) is 1. The van der Waals surface area contributed by atoms with Crippen molar-refractivity contribution in [2.24, 2.45) is 0 Å². The zero-order chi connectivity index (χ0) is 16.7. The van der Waals surface area contributed by atoms with Crippen molar-refractivity contribution >= 4 is 22.5 Å². The molecule has 3 aromatic rings. The van der Waals surface area contributed by atoms with E-state index in [1.54, 1.807) is 24.4 Å². The Morgan fingerprint density at radius 2 is 2.12 bits per heavy atom. The molecule has 1 amide bonds. The number of rotatable bonds is 4. The Bertz CT molecular complexity index is 969. The average molecular weight is 323 g/mol. The summed E-state index contributed by atoms with van der Waals surface area (Å²) < 4.78 is 7.19. The number of hydrogen-bond donors (Lipinski definition) is 2. The van der Waals surface area contributed by atoms with Gasteiger partial charge in [-0.3, -0.25) is 9.59 Å². The maximum absolute atomic E-state index is 12.8. The lowest BCUT2D eigenvalue weighted by atomic mass is 10.1. The number of nitrogens with one attached hydrogen (secondary N) is 1. The monoisotopic (exact) mass is 323 g/mol. The molecule has 3 N–H and O–H groups in total. The molecule has 0 saturated heterocycles. The van der Waals surface area contributed by atoms with Gasteiger partial charge in [0.2, 0.25) is 5.43 Å². The lowest BCUT2D eigenvalue weighted by molar-refractivity contribution is 0.0946. The average Bonchev–Trinajstić information content (AvgIpc) is 3.28. The lowest BCUT2D eigenvalue weighted by Crippen LogP contribution is -2.29. The van der Waals surface area contributed by atoms with Crippen LogP contribution in [-0.4, -0.2) is 10.5 Å². The second-order valence-electron chi connectivity index (χ2n) is 6.01. The molecule has 6 nitrogen and oxygen atoms in total. The van der Waals surface area contributed by atoms with Crippen LogP contribution in [0.15, 0.2) is 52.0 Å². The van der Waals surface area contributed by atoms with E-state index in [9.17, 15) is 9.59 Å². The number of hydrogen-bond acceptors (Lipinski definition) is 4. The number of anilines is 1. The summed E-state index contributed by atoms with van der Waals surface area (Å²) in [6.07, 6.45) is 5.28. The molecular formula is C18H17N3O3. The Hall–Kier alpha value is -3.02. The van der Waals surface area contributed by atoms with Crippen LogP contribution in [0.5, 0.6) is 0 Å². The Kier molecular flexibility index (Phi) is 3.37. The summed E-state index contributed by atoms with van der Waals surface area (Å²) in [4.78, 5) is 25.3. The molecule has 2 heterocycles. The Balaban J connectivity index is 1.77. The second kappa shape index (κ2) is 5.56. The fraction of sp³-hybridized carbons (Fsp3) is 0.222. The van der Waals surface area contributed by atoms with Crippen LogP contribution < -0.4 is 16.5 Å². The number of nitrogen functional groups attached to an aromatic ring is 1. The van der Waals surface area contributed by atoms with Gasteiger partial charge in [-0.15, -0.1) is 0 Å². The first-order valence-electron chi connectivity index (χ1n) is 7.89. The summed E-state index contributed by atoms with van der Waals surface area (Å²) in [7, 11) is 0. The SMILES string of the molecule is Nc1cccc2c1c(=O)c(C(=O)NCc1ccco1)cn2C1CC1. The molecule has 24 heavy (non-hydrogen) atoms. The van der Waals surface area contributed by atoms with E-state index in [4.69, 9.17) is 10.2 Å². The van der Waals surface area contributed by atoms with Gasteiger partial charge in [-0.2, -0.15) is 0 Å². The number of nitrogens with zero attached hydrogens (tertiary/aromatic N) is 1. The van der Waals surface area contributed by atoms with Gasteiger partial charge < -0.3 is 20.0 Å². The molecule has 1 aliphatic carbocycles. The Morgan fingerprint density at radius 1 is 1.29 bits per heavy atom. The zero-order valence-electron chi connectivity index (χ0n) is 13.0. The number of fused-ring (bicyclic) bond motifs is 1. The van der Waals surface area contributed by atoms with E-state index < -0.39 is 5.91 Å². The summed E-state index contributed by atoms with van der Waals surface area (Å²) in [5.41, 5.74) is 6.96. The highest BCUT2D eigenvalue weighted by Crippen LogP contribution is 2.37.